The summed E-state index contributed by atoms with van der Waals surface area (Å²) in [5.41, 5.74) is -4.88. The average Bonchev–Trinajstić information content (AvgIpc) is 2.83. The molecule has 0 aromatic rings. The van der Waals surface area contributed by atoms with E-state index in [-0.39, 0.29) is 17.6 Å². The second-order valence-electron chi connectivity index (χ2n) is 7.47. The number of fused-ring (bicyclic) bond motifs is 3. The molecule has 3 nitrogen and oxygen atoms in total. The lowest BCUT2D eigenvalue weighted by Gasteiger charge is -2.44. The minimum atomic E-state index is -5.62. The van der Waals surface area contributed by atoms with Crippen molar-refractivity contribution >= 4 is 10.1 Å². The number of hydrogen-bond acceptors (Lipinski definition) is 3. The fourth-order valence-electron chi connectivity index (χ4n) is 4.51. The van der Waals surface area contributed by atoms with Gasteiger partial charge in [-0.2, -0.15) is 21.6 Å². The van der Waals surface area contributed by atoms with E-state index in [4.69, 9.17) is 0 Å². The van der Waals surface area contributed by atoms with Crippen LogP contribution in [-0.4, -0.2) is 13.9 Å². The summed E-state index contributed by atoms with van der Waals surface area (Å²) in [5, 5.41) is 0. The van der Waals surface area contributed by atoms with Gasteiger partial charge in [0.25, 0.3) is 0 Å². The molecular formula is C18H23F3O3S. The summed E-state index contributed by atoms with van der Waals surface area (Å²) in [5.74, 6) is 0.742. The highest BCUT2D eigenvalue weighted by atomic mass is 32.2. The first-order valence-corrected chi connectivity index (χ1v) is 10.1. The highest BCUT2D eigenvalue weighted by Crippen LogP contribution is 2.57. The van der Waals surface area contributed by atoms with Crippen LogP contribution in [0.25, 0.3) is 0 Å². The van der Waals surface area contributed by atoms with E-state index in [2.05, 4.69) is 23.3 Å². The number of halogens is 3. The number of rotatable bonds is 4. The third-order valence-electron chi connectivity index (χ3n) is 5.87. The standard InChI is InChI=1S/C18H23F3O3S/c1-3-4-12-5-6-13-9-10-17(2)15(14(13)11-12)7-8-16(17)24-25(22,23)18(19,20)21/h5-6,8-9,12,14-15H,3-4,7,10-11H2,1-2H3/t12-,14-,15+,17+/m1/s1. The number of alkyl halides is 3. The fraction of sp³-hybridized carbons (Fsp3) is 0.667. The minimum absolute atomic E-state index is 0.0493. The molecule has 0 radical (unpaired) electrons. The van der Waals surface area contributed by atoms with Crippen LogP contribution in [0, 0.1) is 23.2 Å². The molecule has 0 heterocycles. The quantitative estimate of drug-likeness (QED) is 0.507. The number of hydrogen-bond donors (Lipinski definition) is 0. The van der Waals surface area contributed by atoms with E-state index in [1.807, 2.05) is 13.0 Å². The lowest BCUT2D eigenvalue weighted by atomic mass is 9.60. The normalized spacial score (nSPS) is 34.8. The van der Waals surface area contributed by atoms with Gasteiger partial charge in [0.15, 0.2) is 0 Å². The molecule has 0 spiro atoms. The van der Waals surface area contributed by atoms with E-state index < -0.39 is 21.0 Å². The van der Waals surface area contributed by atoms with Crippen molar-refractivity contribution in [1.29, 1.82) is 0 Å². The van der Waals surface area contributed by atoms with Crippen molar-refractivity contribution in [3.8, 4) is 0 Å². The van der Waals surface area contributed by atoms with Gasteiger partial charge in [0.1, 0.15) is 5.76 Å². The molecule has 0 saturated heterocycles. The molecule has 7 heteroatoms. The Bertz CT molecular complexity index is 733. The Morgan fingerprint density at radius 1 is 1.32 bits per heavy atom. The maximum absolute atomic E-state index is 12.7. The fourth-order valence-corrected chi connectivity index (χ4v) is 5.10. The third-order valence-corrected chi connectivity index (χ3v) is 6.84. The van der Waals surface area contributed by atoms with E-state index in [1.54, 1.807) is 0 Å². The summed E-state index contributed by atoms with van der Waals surface area (Å²) >= 11 is 0. The Hall–Kier alpha value is -1.24. The van der Waals surface area contributed by atoms with Gasteiger partial charge < -0.3 is 4.18 Å². The first-order chi connectivity index (χ1) is 11.6. The van der Waals surface area contributed by atoms with Gasteiger partial charge in [-0.05, 0) is 55.1 Å². The zero-order valence-corrected chi connectivity index (χ0v) is 15.2. The predicted octanol–water partition coefficient (Wildman–Crippen LogP) is 5.09. The smallest absolute Gasteiger partial charge is 0.380 e. The third kappa shape index (κ3) is 3.15. The Kier molecular flexibility index (Phi) is 4.58. The molecule has 3 rings (SSSR count). The zero-order chi connectivity index (χ0) is 18.5. The van der Waals surface area contributed by atoms with Gasteiger partial charge in [-0.1, -0.05) is 38.5 Å². The molecule has 3 aliphatic rings. The predicted molar refractivity (Wildman–Crippen MR) is 88.7 cm³/mol. The first-order valence-electron chi connectivity index (χ1n) is 8.68. The molecule has 0 N–H and O–H groups in total. The molecule has 0 aliphatic heterocycles. The van der Waals surface area contributed by atoms with Crippen molar-refractivity contribution in [2.75, 3.05) is 0 Å². The molecule has 140 valence electrons. The Morgan fingerprint density at radius 2 is 2.04 bits per heavy atom. The summed E-state index contributed by atoms with van der Waals surface area (Å²) in [6.07, 6.45) is 12.1. The van der Waals surface area contributed by atoms with Gasteiger partial charge in [-0.3, -0.25) is 0 Å². The maximum Gasteiger partial charge on any atom is 0.534 e. The van der Waals surface area contributed by atoms with Crippen molar-refractivity contribution in [2.45, 2.75) is 51.5 Å². The van der Waals surface area contributed by atoms with Crippen LogP contribution in [0.4, 0.5) is 13.2 Å². The Morgan fingerprint density at radius 3 is 2.68 bits per heavy atom. The second kappa shape index (κ2) is 6.18. The average molecular weight is 376 g/mol. The van der Waals surface area contributed by atoms with Crippen molar-refractivity contribution in [3.05, 3.63) is 35.6 Å². The van der Waals surface area contributed by atoms with E-state index in [9.17, 15) is 21.6 Å². The van der Waals surface area contributed by atoms with E-state index in [0.717, 1.165) is 19.3 Å². The van der Waals surface area contributed by atoms with Crippen LogP contribution in [0.15, 0.2) is 35.6 Å². The van der Waals surface area contributed by atoms with Gasteiger partial charge in [0.05, 0.1) is 0 Å². The van der Waals surface area contributed by atoms with Crippen molar-refractivity contribution in [1.82, 2.24) is 0 Å². The molecule has 0 aromatic heterocycles. The van der Waals surface area contributed by atoms with Gasteiger partial charge in [0, 0.05) is 5.41 Å². The molecule has 3 aliphatic carbocycles. The van der Waals surface area contributed by atoms with E-state index >= 15 is 0 Å². The second-order valence-corrected chi connectivity index (χ2v) is 9.01. The van der Waals surface area contributed by atoms with Crippen LogP contribution in [-0.2, 0) is 14.3 Å². The summed E-state index contributed by atoms with van der Waals surface area (Å²) < 4.78 is 65.4. The minimum Gasteiger partial charge on any atom is -0.380 e. The molecule has 0 unspecified atom stereocenters. The summed E-state index contributed by atoms with van der Waals surface area (Å²) in [6, 6.07) is 0. The van der Waals surface area contributed by atoms with E-state index in [0.29, 0.717) is 18.8 Å². The first kappa shape index (κ1) is 18.5. The van der Waals surface area contributed by atoms with Gasteiger partial charge in [-0.25, -0.2) is 0 Å². The molecule has 0 aromatic carbocycles. The molecule has 0 fully saturated rings. The molecular weight excluding hydrogens is 353 g/mol. The highest BCUT2D eigenvalue weighted by Gasteiger charge is 2.54. The van der Waals surface area contributed by atoms with Gasteiger partial charge in [-0.15, -0.1) is 0 Å². The van der Waals surface area contributed by atoms with Crippen LogP contribution < -0.4 is 0 Å². The van der Waals surface area contributed by atoms with E-state index in [1.165, 1.54) is 11.6 Å². The van der Waals surface area contributed by atoms with Crippen LogP contribution in [0.1, 0.15) is 46.0 Å². The molecule has 25 heavy (non-hydrogen) atoms. The Labute approximate surface area is 146 Å². The van der Waals surface area contributed by atoms with Crippen LogP contribution in [0.2, 0.25) is 0 Å². The van der Waals surface area contributed by atoms with Gasteiger partial charge in [0.2, 0.25) is 0 Å². The van der Waals surface area contributed by atoms with Crippen LogP contribution in [0.5, 0.6) is 0 Å². The van der Waals surface area contributed by atoms with Crippen molar-refractivity contribution < 1.29 is 25.8 Å². The summed E-state index contributed by atoms with van der Waals surface area (Å²) in [4.78, 5) is 0. The molecule has 0 amide bonds. The lowest BCUT2D eigenvalue weighted by molar-refractivity contribution is -0.0536. The summed E-state index contributed by atoms with van der Waals surface area (Å²) in [7, 11) is -5.62. The molecule has 0 bridgehead atoms. The number of allylic oxidation sites excluding steroid dienone is 6. The van der Waals surface area contributed by atoms with Crippen molar-refractivity contribution in [3.63, 3.8) is 0 Å². The topological polar surface area (TPSA) is 43.4 Å². The maximum atomic E-state index is 12.7. The van der Waals surface area contributed by atoms with Crippen LogP contribution in [0.3, 0.4) is 0 Å². The van der Waals surface area contributed by atoms with Crippen molar-refractivity contribution in [2.24, 2.45) is 23.2 Å². The van der Waals surface area contributed by atoms with Crippen LogP contribution >= 0.6 is 0 Å². The Balaban J connectivity index is 1.84. The largest absolute Gasteiger partial charge is 0.534 e. The van der Waals surface area contributed by atoms with Gasteiger partial charge >= 0.3 is 15.6 Å². The highest BCUT2D eigenvalue weighted by molar-refractivity contribution is 7.87. The molecule has 0 saturated carbocycles. The zero-order valence-electron chi connectivity index (χ0n) is 14.3. The monoisotopic (exact) mass is 376 g/mol. The summed E-state index contributed by atoms with van der Waals surface area (Å²) in [6.45, 7) is 3.96. The lowest BCUT2D eigenvalue weighted by Crippen LogP contribution is -2.38. The molecule has 4 atom stereocenters. The SMILES string of the molecule is CCC[C@@H]1C=CC2=CC[C@]3(C)C(OS(=O)(=O)C(F)(F)F)=CC[C@H]3[C@@H]2C1.